The summed E-state index contributed by atoms with van der Waals surface area (Å²) in [6, 6.07) is 13.2. The fourth-order valence-electron chi connectivity index (χ4n) is 3.90. The number of aromatic nitrogens is 1. The molecule has 8 heteroatoms. The molecule has 1 N–H and O–H groups in total. The minimum absolute atomic E-state index is 0.129. The summed E-state index contributed by atoms with van der Waals surface area (Å²) in [5.74, 6) is 0.812. The Morgan fingerprint density at radius 1 is 1.15 bits per heavy atom. The van der Waals surface area contributed by atoms with E-state index < -0.39 is 5.91 Å². The Morgan fingerprint density at radius 3 is 2.73 bits per heavy atom. The molecule has 0 aliphatic rings. The molecule has 2 heterocycles. The van der Waals surface area contributed by atoms with Crippen LogP contribution in [-0.2, 0) is 11.3 Å². The van der Waals surface area contributed by atoms with Gasteiger partial charge in [0.25, 0.3) is 0 Å². The molecule has 172 valence electrons. The quantitative estimate of drug-likeness (QED) is 0.231. The van der Waals surface area contributed by atoms with E-state index in [9.17, 15) is 4.79 Å². The first-order valence-corrected chi connectivity index (χ1v) is 10.7. The average Bonchev–Trinajstić information content (AvgIpc) is 3.38. The molecule has 1 amide bonds. The summed E-state index contributed by atoms with van der Waals surface area (Å²) >= 11 is 0. The van der Waals surface area contributed by atoms with E-state index in [0.29, 0.717) is 35.7 Å². The van der Waals surface area contributed by atoms with Gasteiger partial charge in [-0.1, -0.05) is 18.2 Å². The number of furan rings is 1. The van der Waals surface area contributed by atoms with Crippen LogP contribution in [0.5, 0.6) is 11.5 Å². The van der Waals surface area contributed by atoms with Gasteiger partial charge in [0, 0.05) is 53.5 Å². The van der Waals surface area contributed by atoms with Gasteiger partial charge in [-0.25, -0.2) is 5.43 Å². The smallest absolute Gasteiger partial charge is 0.307 e. The maximum atomic E-state index is 12.7. The number of fused-ring (bicyclic) bond motifs is 2. The first kappa shape index (κ1) is 22.4. The van der Waals surface area contributed by atoms with E-state index in [2.05, 4.69) is 21.2 Å². The third kappa shape index (κ3) is 4.42. The van der Waals surface area contributed by atoms with Gasteiger partial charge in [-0.15, -0.1) is 0 Å². The highest BCUT2D eigenvalue weighted by molar-refractivity contribution is 6.02. The molecule has 0 saturated carbocycles. The number of hydrogen-bond acceptors (Lipinski definition) is 6. The van der Waals surface area contributed by atoms with Crippen LogP contribution in [0.4, 0.5) is 0 Å². The lowest BCUT2D eigenvalue weighted by atomic mass is 10.1. The Hall–Kier alpha value is -3.78. The van der Waals surface area contributed by atoms with Crippen LogP contribution in [0.2, 0.25) is 0 Å². The van der Waals surface area contributed by atoms with Gasteiger partial charge in [-0.05, 0) is 19.9 Å². The van der Waals surface area contributed by atoms with Crippen LogP contribution >= 0.6 is 0 Å². The monoisotopic (exact) mass is 449 g/mol. The average molecular weight is 450 g/mol. The Labute approximate surface area is 191 Å². The molecule has 0 atom stereocenters. The molecular weight excluding hydrogens is 422 g/mol. The Bertz CT molecular complexity index is 1320. The van der Waals surface area contributed by atoms with Crippen molar-refractivity contribution >= 4 is 34.0 Å². The van der Waals surface area contributed by atoms with E-state index in [0.717, 1.165) is 28.7 Å². The Balaban J connectivity index is 1.57. The number of nitrogens with one attached hydrogen (secondary N) is 1. The zero-order valence-electron chi connectivity index (χ0n) is 19.2. The molecule has 0 spiro atoms. The number of carbonyl (C=O) groups is 1. The molecule has 2 aromatic heterocycles. The number of ether oxygens (including phenoxy) is 3. The molecule has 0 aliphatic heterocycles. The highest BCUT2D eigenvalue weighted by Gasteiger charge is 2.17. The summed E-state index contributed by atoms with van der Waals surface area (Å²) in [5.41, 5.74) is 6.14. The van der Waals surface area contributed by atoms with E-state index in [-0.39, 0.29) is 5.76 Å². The SMILES string of the molecule is CCOCCn1c(C)c(/C=N/NC(=O)c2cc3c(OC)cc(OC)cc3o2)c2ccccc21. The number of carbonyl (C=O) groups excluding carboxylic acids is 1. The highest BCUT2D eigenvalue weighted by Crippen LogP contribution is 2.33. The van der Waals surface area contributed by atoms with Crippen molar-refractivity contribution in [2.24, 2.45) is 5.10 Å². The second kappa shape index (κ2) is 9.79. The second-order valence-corrected chi connectivity index (χ2v) is 7.42. The maximum absolute atomic E-state index is 12.7. The fraction of sp³-hybridized carbons (Fsp3) is 0.280. The molecule has 2 aromatic carbocycles. The van der Waals surface area contributed by atoms with E-state index in [1.54, 1.807) is 38.6 Å². The predicted octanol–water partition coefficient (Wildman–Crippen LogP) is 4.51. The van der Waals surface area contributed by atoms with Crippen LogP contribution in [0.15, 0.2) is 52.0 Å². The number of methoxy groups -OCH3 is 2. The molecule has 4 rings (SSSR count). The molecule has 0 fully saturated rings. The number of rotatable bonds is 9. The van der Waals surface area contributed by atoms with Crippen molar-refractivity contribution in [3.8, 4) is 11.5 Å². The third-order valence-electron chi connectivity index (χ3n) is 5.56. The van der Waals surface area contributed by atoms with Gasteiger partial charge in [-0.3, -0.25) is 4.79 Å². The van der Waals surface area contributed by atoms with Gasteiger partial charge in [-0.2, -0.15) is 5.10 Å². The van der Waals surface area contributed by atoms with Crippen LogP contribution in [0.3, 0.4) is 0 Å². The van der Waals surface area contributed by atoms with Gasteiger partial charge in [0.1, 0.15) is 17.1 Å². The van der Waals surface area contributed by atoms with Crippen molar-refractivity contribution in [3.05, 3.63) is 59.5 Å². The zero-order valence-corrected chi connectivity index (χ0v) is 19.2. The van der Waals surface area contributed by atoms with Gasteiger partial charge < -0.3 is 23.2 Å². The van der Waals surface area contributed by atoms with Gasteiger partial charge in [0.15, 0.2) is 5.76 Å². The van der Waals surface area contributed by atoms with Crippen molar-refractivity contribution in [1.29, 1.82) is 0 Å². The van der Waals surface area contributed by atoms with Crippen LogP contribution in [0.1, 0.15) is 28.7 Å². The summed E-state index contributed by atoms with van der Waals surface area (Å²) in [6.45, 7) is 6.07. The molecule has 8 nitrogen and oxygen atoms in total. The van der Waals surface area contributed by atoms with Crippen molar-refractivity contribution < 1.29 is 23.4 Å². The van der Waals surface area contributed by atoms with Gasteiger partial charge >= 0.3 is 5.91 Å². The second-order valence-electron chi connectivity index (χ2n) is 7.42. The van der Waals surface area contributed by atoms with Crippen molar-refractivity contribution in [1.82, 2.24) is 9.99 Å². The summed E-state index contributed by atoms with van der Waals surface area (Å²) in [6.07, 6.45) is 1.67. The van der Waals surface area contributed by atoms with Crippen LogP contribution in [0.25, 0.3) is 21.9 Å². The lowest BCUT2D eigenvalue weighted by Gasteiger charge is -2.08. The van der Waals surface area contributed by atoms with Crippen LogP contribution in [-0.4, -0.2) is 44.1 Å². The molecule has 33 heavy (non-hydrogen) atoms. The molecular formula is C25H27N3O5. The van der Waals surface area contributed by atoms with E-state index in [4.69, 9.17) is 18.6 Å². The van der Waals surface area contributed by atoms with Crippen LogP contribution in [0, 0.1) is 6.92 Å². The summed E-state index contributed by atoms with van der Waals surface area (Å²) < 4.78 is 24.1. The predicted molar refractivity (Wildman–Crippen MR) is 128 cm³/mol. The van der Waals surface area contributed by atoms with Crippen molar-refractivity contribution in [3.63, 3.8) is 0 Å². The van der Waals surface area contributed by atoms with E-state index >= 15 is 0 Å². The normalized spacial score (nSPS) is 11.5. The van der Waals surface area contributed by atoms with Crippen molar-refractivity contribution in [2.75, 3.05) is 27.4 Å². The Morgan fingerprint density at radius 2 is 1.97 bits per heavy atom. The fourth-order valence-corrected chi connectivity index (χ4v) is 3.90. The van der Waals surface area contributed by atoms with Gasteiger partial charge in [0.2, 0.25) is 0 Å². The van der Waals surface area contributed by atoms with E-state index in [1.807, 2.05) is 32.0 Å². The van der Waals surface area contributed by atoms with Crippen LogP contribution < -0.4 is 14.9 Å². The minimum Gasteiger partial charge on any atom is -0.496 e. The molecule has 0 radical (unpaired) electrons. The third-order valence-corrected chi connectivity index (χ3v) is 5.56. The number of nitrogens with zero attached hydrogens (tertiary/aromatic N) is 2. The topological polar surface area (TPSA) is 87.2 Å². The molecule has 0 unspecified atom stereocenters. The van der Waals surface area contributed by atoms with Gasteiger partial charge in [0.05, 0.1) is 32.4 Å². The molecule has 0 aliphatic carbocycles. The number of hydrogen-bond donors (Lipinski definition) is 1. The first-order valence-electron chi connectivity index (χ1n) is 10.7. The molecule has 4 aromatic rings. The van der Waals surface area contributed by atoms with Crippen molar-refractivity contribution in [2.45, 2.75) is 20.4 Å². The number of amides is 1. The number of hydrazone groups is 1. The first-order chi connectivity index (χ1) is 16.1. The highest BCUT2D eigenvalue weighted by atomic mass is 16.5. The number of benzene rings is 2. The molecule has 0 saturated heterocycles. The standard InChI is InChI=1S/C25H27N3O5/c1-5-32-11-10-28-16(2)20(18-8-6-7-9-21(18)28)15-26-27-25(29)24-14-19-22(31-4)12-17(30-3)13-23(19)33-24/h6-9,12-15H,5,10-11H2,1-4H3,(H,27,29)/b26-15+. The maximum Gasteiger partial charge on any atom is 0.307 e. The summed E-state index contributed by atoms with van der Waals surface area (Å²) in [4.78, 5) is 12.7. The zero-order chi connectivity index (χ0) is 23.4. The minimum atomic E-state index is -0.457. The van der Waals surface area contributed by atoms with E-state index in [1.165, 1.54) is 0 Å². The summed E-state index contributed by atoms with van der Waals surface area (Å²) in [7, 11) is 3.11. The largest absolute Gasteiger partial charge is 0.496 e. The summed E-state index contributed by atoms with van der Waals surface area (Å²) in [5, 5.41) is 5.94. The lowest BCUT2D eigenvalue weighted by molar-refractivity contribution is 0.0929. The Kier molecular flexibility index (Phi) is 6.65. The lowest BCUT2D eigenvalue weighted by Crippen LogP contribution is -2.16. The number of para-hydroxylation sites is 1. The molecule has 0 bridgehead atoms.